The number of rotatable bonds is 12. The summed E-state index contributed by atoms with van der Waals surface area (Å²) in [5, 5.41) is 5.78. The van der Waals surface area contributed by atoms with Crippen LogP contribution in [0.4, 0.5) is 0 Å². The van der Waals surface area contributed by atoms with Crippen LogP contribution >= 0.6 is 35.0 Å². The summed E-state index contributed by atoms with van der Waals surface area (Å²) >= 11 is 14.3. The zero-order valence-corrected chi connectivity index (χ0v) is 31.6. The average molecular weight is 773 g/mol. The van der Waals surface area contributed by atoms with Gasteiger partial charge in [-0.05, 0) is 70.3 Å². The normalized spacial score (nSPS) is 14.2. The largest absolute Gasteiger partial charge is 0.486 e. The summed E-state index contributed by atoms with van der Waals surface area (Å²) in [6, 6.07) is 36.1. The van der Waals surface area contributed by atoms with E-state index in [4.69, 9.17) is 27.9 Å². The van der Waals surface area contributed by atoms with E-state index in [0.29, 0.717) is 11.3 Å². The highest BCUT2D eigenvalue weighted by Crippen LogP contribution is 2.36. The number of allylic oxidation sites excluding steroid dienone is 4. The van der Waals surface area contributed by atoms with Gasteiger partial charge < -0.3 is 10.1 Å². The molecule has 1 N–H and O–H groups in total. The van der Waals surface area contributed by atoms with E-state index in [1.54, 1.807) is 43.4 Å². The van der Waals surface area contributed by atoms with Crippen LogP contribution in [-0.2, 0) is 21.0 Å². The molecule has 10 heteroatoms. The molecular weight excluding hydrogens is 737 g/mol. The van der Waals surface area contributed by atoms with Crippen LogP contribution in [0.2, 0.25) is 10.0 Å². The molecular formula is C44H35Cl2N3O4S. The number of nitrogens with one attached hydrogen (secondary N) is 1. The Morgan fingerprint density at radius 2 is 1.52 bits per heavy atom. The third kappa shape index (κ3) is 9.09. The Morgan fingerprint density at radius 3 is 2.15 bits per heavy atom. The molecule has 0 fully saturated rings. The molecule has 1 aliphatic heterocycles. The second kappa shape index (κ2) is 17.9. The van der Waals surface area contributed by atoms with E-state index in [1.807, 2.05) is 103 Å². The van der Waals surface area contributed by atoms with Crippen LogP contribution in [0.25, 0.3) is 16.8 Å². The topological polar surface area (TPSA) is 88.1 Å². The number of amidine groups is 1. The van der Waals surface area contributed by atoms with Gasteiger partial charge in [-0.2, -0.15) is 4.99 Å². The lowest BCUT2D eigenvalue weighted by Gasteiger charge is -2.28. The molecule has 6 rings (SSSR count). The van der Waals surface area contributed by atoms with Gasteiger partial charge in [0.25, 0.3) is 11.8 Å². The quantitative estimate of drug-likeness (QED) is 0.0775. The van der Waals surface area contributed by atoms with Crippen molar-refractivity contribution in [3.05, 3.63) is 190 Å². The van der Waals surface area contributed by atoms with Crippen LogP contribution in [0.3, 0.4) is 0 Å². The smallest absolute Gasteiger partial charge is 0.285 e. The highest BCUT2D eigenvalue weighted by Gasteiger charge is 2.35. The lowest BCUT2D eigenvalue weighted by molar-refractivity contribution is -0.126. The molecule has 54 heavy (non-hydrogen) atoms. The zero-order chi connectivity index (χ0) is 38.0. The highest BCUT2D eigenvalue weighted by molar-refractivity contribution is 8.14. The third-order valence-electron chi connectivity index (χ3n) is 8.44. The number of thioether (sulfide) groups is 1. The van der Waals surface area contributed by atoms with Crippen molar-refractivity contribution in [3.8, 4) is 5.75 Å². The van der Waals surface area contributed by atoms with Crippen LogP contribution in [0.1, 0.15) is 35.2 Å². The first-order chi connectivity index (χ1) is 26.2. The van der Waals surface area contributed by atoms with E-state index < -0.39 is 17.9 Å². The second-order valence-electron chi connectivity index (χ2n) is 12.1. The van der Waals surface area contributed by atoms with Gasteiger partial charge in [0.1, 0.15) is 12.2 Å². The lowest BCUT2D eigenvalue weighted by atomic mass is 9.99. The fraction of sp³-hybridized carbons (Fsp3) is 0.0909. The summed E-state index contributed by atoms with van der Waals surface area (Å²) in [6.07, 6.45) is 8.01. The van der Waals surface area contributed by atoms with Gasteiger partial charge in [0.05, 0.1) is 21.8 Å². The van der Waals surface area contributed by atoms with Crippen molar-refractivity contribution in [3.63, 3.8) is 0 Å². The molecule has 3 amide bonds. The number of hydrogen-bond acceptors (Lipinski definition) is 5. The van der Waals surface area contributed by atoms with Crippen molar-refractivity contribution in [1.29, 1.82) is 0 Å². The monoisotopic (exact) mass is 771 g/mol. The molecule has 0 saturated carbocycles. The number of hydrogen-bond donors (Lipinski definition) is 1. The number of nitrogens with zero attached hydrogens (tertiary/aromatic N) is 2. The first-order valence-corrected chi connectivity index (χ1v) is 18.8. The van der Waals surface area contributed by atoms with Gasteiger partial charge in [0.15, 0.2) is 10.9 Å². The number of fused-ring (bicyclic) bond motifs is 1. The van der Waals surface area contributed by atoms with Gasteiger partial charge in [0.2, 0.25) is 5.91 Å². The van der Waals surface area contributed by atoms with Gasteiger partial charge in [-0.25, -0.2) is 0 Å². The molecule has 1 aliphatic rings. The molecule has 5 aromatic carbocycles. The SMILES string of the molecule is C=C/C=C\C(=C/C)N1C(=O)/C(=C/c2cc(Cl)c(OCc3ccc4ccccc4c3)c(Cl)c2)C(=O)N=C1SCC(=O)NC(c1ccccc1)c1ccccc1. The van der Waals surface area contributed by atoms with Crippen molar-refractivity contribution in [2.75, 3.05) is 5.75 Å². The Kier molecular flexibility index (Phi) is 12.6. The van der Waals surface area contributed by atoms with Gasteiger partial charge in [-0.15, -0.1) is 0 Å². The van der Waals surface area contributed by atoms with Crippen molar-refractivity contribution in [2.45, 2.75) is 19.6 Å². The summed E-state index contributed by atoms with van der Waals surface area (Å²) in [4.78, 5) is 46.7. The molecule has 1 heterocycles. The van der Waals surface area contributed by atoms with Crippen molar-refractivity contribution < 1.29 is 19.1 Å². The Balaban J connectivity index is 1.23. The molecule has 7 nitrogen and oxygen atoms in total. The Hall–Kier alpha value is -5.67. The first kappa shape index (κ1) is 38.1. The minimum absolute atomic E-state index is 0.0589. The van der Waals surface area contributed by atoms with Crippen molar-refractivity contribution in [2.24, 2.45) is 4.99 Å². The molecule has 270 valence electrons. The van der Waals surface area contributed by atoms with Crippen LogP contribution in [0.15, 0.2) is 162 Å². The lowest BCUT2D eigenvalue weighted by Crippen LogP contribution is -2.42. The van der Waals surface area contributed by atoms with E-state index in [-0.39, 0.29) is 44.8 Å². The average Bonchev–Trinajstić information content (AvgIpc) is 3.19. The van der Waals surface area contributed by atoms with Crippen LogP contribution in [-0.4, -0.2) is 33.5 Å². The molecule has 0 radical (unpaired) electrons. The maximum absolute atomic E-state index is 14.1. The number of ether oxygens (including phenoxy) is 1. The van der Waals surface area contributed by atoms with E-state index in [9.17, 15) is 14.4 Å². The predicted molar refractivity (Wildman–Crippen MR) is 220 cm³/mol. The summed E-state index contributed by atoms with van der Waals surface area (Å²) in [5.74, 6) is -1.54. The number of aliphatic imine (C=N–C) groups is 1. The number of carbonyl (C=O) groups is 3. The minimum Gasteiger partial charge on any atom is -0.486 e. The number of amides is 3. The Labute approximate surface area is 328 Å². The number of halogens is 2. The summed E-state index contributed by atoms with van der Waals surface area (Å²) in [5.41, 5.74) is 3.39. The molecule has 0 unspecified atom stereocenters. The Bertz CT molecular complexity index is 2280. The van der Waals surface area contributed by atoms with E-state index >= 15 is 0 Å². The molecule has 5 aromatic rings. The maximum atomic E-state index is 14.1. The molecule has 0 spiro atoms. The number of benzene rings is 5. The van der Waals surface area contributed by atoms with Crippen LogP contribution in [0.5, 0.6) is 5.75 Å². The van der Waals surface area contributed by atoms with Crippen molar-refractivity contribution in [1.82, 2.24) is 10.2 Å². The third-order valence-corrected chi connectivity index (χ3v) is 9.94. The van der Waals surface area contributed by atoms with Crippen LogP contribution in [0, 0.1) is 0 Å². The van der Waals surface area contributed by atoms with Gasteiger partial charge in [-0.3, -0.25) is 19.3 Å². The van der Waals surface area contributed by atoms with Gasteiger partial charge in [0, 0.05) is 5.70 Å². The molecule has 0 saturated heterocycles. The molecule has 0 bridgehead atoms. The fourth-order valence-electron chi connectivity index (χ4n) is 5.84. The standard InChI is InChI=1S/C44H35Cl2N3O4S/c1-3-5-20-35(4-2)49-43(52)36(24-30-25-37(45)41(38(46)26-30)53-27-29-21-22-31-14-12-13-19-34(31)23-29)42(51)48-44(49)54-28-39(50)47-40(32-15-8-6-9-16-32)33-17-10-7-11-18-33/h3-26,40H,1,27-28H2,2H3,(H,47,50)/b20-5-,35-4+,36-24+. The van der Waals surface area contributed by atoms with Gasteiger partial charge >= 0.3 is 0 Å². The molecule has 0 aliphatic carbocycles. The van der Waals surface area contributed by atoms with E-state index in [2.05, 4.69) is 16.9 Å². The van der Waals surface area contributed by atoms with E-state index in [1.165, 1.54) is 11.0 Å². The van der Waals surface area contributed by atoms with Crippen molar-refractivity contribution >= 4 is 74.7 Å². The molecule has 0 atom stereocenters. The summed E-state index contributed by atoms with van der Waals surface area (Å²) in [7, 11) is 0. The molecule has 0 aromatic heterocycles. The van der Waals surface area contributed by atoms with Crippen LogP contribution < -0.4 is 10.1 Å². The first-order valence-electron chi connectivity index (χ1n) is 17.0. The number of carbonyl (C=O) groups excluding carboxylic acids is 3. The second-order valence-corrected chi connectivity index (χ2v) is 13.9. The Morgan fingerprint density at radius 1 is 0.889 bits per heavy atom. The summed E-state index contributed by atoms with van der Waals surface area (Å²) < 4.78 is 6.02. The zero-order valence-electron chi connectivity index (χ0n) is 29.2. The van der Waals surface area contributed by atoms with E-state index in [0.717, 1.165) is 39.2 Å². The summed E-state index contributed by atoms with van der Waals surface area (Å²) in [6.45, 7) is 5.71. The maximum Gasteiger partial charge on any atom is 0.285 e. The predicted octanol–water partition coefficient (Wildman–Crippen LogP) is 10.1. The minimum atomic E-state index is -0.766. The van der Waals surface area contributed by atoms with Gasteiger partial charge in [-0.1, -0.05) is 157 Å². The highest BCUT2D eigenvalue weighted by atomic mass is 35.5. The fourth-order valence-corrected chi connectivity index (χ4v) is 7.27.